The molecule has 135 heavy (non-hydrogen) atoms. The van der Waals surface area contributed by atoms with Crippen LogP contribution >= 0.6 is 0 Å². The van der Waals surface area contributed by atoms with Gasteiger partial charge < -0.3 is 84.9 Å². The van der Waals surface area contributed by atoms with E-state index >= 15 is 0 Å². The molecule has 6 rings (SSSR count). The maximum Gasteiger partial charge on any atom is 0.490 e. The van der Waals surface area contributed by atoms with Crippen molar-refractivity contribution in [1.29, 1.82) is 0 Å². The molecule has 1 saturated heterocycles. The minimum absolute atomic E-state index is 0.00599. The Bertz CT molecular complexity index is 4530. The standard InChI is InChI=1S/C68H102N12O18S2.5C2HF3O2/c1-66(2,3)96-60(83)46-78-29-27-77(28-30-79(47-61(84)97-67(4,5)6)32-34-80(33-31-78)48-62(85)98-68(7,8)9)45-59(82)69-23-11-35-93-37-39-95-40-38-94-36-12-24-74-99(89,90)52-18-14-50(15-19-52)51-16-20-53(21-17-51)100(91,92)75-55(64(87)88)44-72-63(86)57-42-58(81)54-22-13-49(41-56(54)76(57)10)43-73-65-70-25-26-71-65;5*3-2(4,5)1(6)7/h13-22,25-26,41,55,57,74-75H,11-12,23-24,27-40,42-48H2,1-10H3,(H,69,82)(H,72,86)(H,87,88)(H2,70,71,73);5*(H,6,7). The number of alkyl halides is 15. The summed E-state index contributed by atoms with van der Waals surface area (Å²) in [5, 5.41) is 54.2. The Labute approximate surface area is 763 Å². The lowest BCUT2D eigenvalue weighted by atomic mass is 9.93. The van der Waals surface area contributed by atoms with E-state index in [9.17, 15) is 121 Å². The fraction of sp³-hybridized carbons (Fsp3) is 0.577. The molecular formula is C78H107F15N12O28S2. The second kappa shape index (κ2) is 55.7. The Balaban J connectivity index is 0.00000218. The van der Waals surface area contributed by atoms with Gasteiger partial charge in [0.15, 0.2) is 11.7 Å². The first kappa shape index (κ1) is 122. The van der Waals surface area contributed by atoms with E-state index in [1.54, 1.807) is 54.7 Å². The molecule has 3 aromatic carbocycles. The summed E-state index contributed by atoms with van der Waals surface area (Å²) in [6, 6.07) is 14.0. The molecule has 1 aromatic heterocycles. The molecule has 0 aliphatic carbocycles. The van der Waals surface area contributed by atoms with Crippen molar-refractivity contribution in [3.8, 4) is 11.1 Å². The van der Waals surface area contributed by atoms with Gasteiger partial charge in [0.1, 0.15) is 28.9 Å². The maximum absolute atomic E-state index is 13.5. The van der Waals surface area contributed by atoms with Gasteiger partial charge in [0.2, 0.25) is 31.9 Å². The number of halogens is 15. The van der Waals surface area contributed by atoms with Crippen LogP contribution in [0.1, 0.15) is 97.5 Å². The van der Waals surface area contributed by atoms with Gasteiger partial charge in [-0.05, 0) is 128 Å². The van der Waals surface area contributed by atoms with E-state index in [0.29, 0.717) is 126 Å². The second-order valence-corrected chi connectivity index (χ2v) is 34.9. The van der Waals surface area contributed by atoms with E-state index in [1.165, 1.54) is 36.4 Å². The van der Waals surface area contributed by atoms with Crippen LogP contribution in [-0.2, 0) is 108 Å². The predicted octanol–water partition coefficient (Wildman–Crippen LogP) is 6.27. The highest BCUT2D eigenvalue weighted by atomic mass is 32.2. The zero-order valence-corrected chi connectivity index (χ0v) is 75.8. The molecule has 2 aliphatic rings. The van der Waals surface area contributed by atoms with E-state index in [4.69, 9.17) is 77.9 Å². The molecule has 0 radical (unpaired) electrons. The van der Waals surface area contributed by atoms with Gasteiger partial charge in [0.25, 0.3) is 0 Å². The number of H-pyrrole nitrogens is 1. The van der Waals surface area contributed by atoms with E-state index in [1.807, 2.05) is 81.9 Å². The summed E-state index contributed by atoms with van der Waals surface area (Å²) in [4.78, 5) is 152. The van der Waals surface area contributed by atoms with E-state index in [2.05, 4.69) is 35.4 Å². The van der Waals surface area contributed by atoms with E-state index in [-0.39, 0.29) is 98.4 Å². The first-order valence-electron chi connectivity index (χ1n) is 39.7. The van der Waals surface area contributed by atoms with Crippen molar-refractivity contribution in [3.63, 3.8) is 0 Å². The molecule has 764 valence electrons. The van der Waals surface area contributed by atoms with Crippen molar-refractivity contribution in [3.05, 3.63) is 90.3 Å². The molecule has 2 aliphatic heterocycles. The Morgan fingerprint density at radius 2 is 0.815 bits per heavy atom. The number of fused-ring (bicyclic) bond motifs is 1. The number of imidazole rings is 1. The maximum atomic E-state index is 13.5. The number of carboxylic acids is 6. The lowest BCUT2D eigenvalue weighted by Crippen LogP contribution is -2.54. The van der Waals surface area contributed by atoms with Gasteiger partial charge in [-0.25, -0.2) is 50.5 Å². The Morgan fingerprint density at radius 3 is 1.15 bits per heavy atom. The highest BCUT2D eigenvalue weighted by Gasteiger charge is 2.42. The molecule has 0 saturated carbocycles. The topological polar surface area (TPSA) is 555 Å². The van der Waals surface area contributed by atoms with Gasteiger partial charge in [-0.2, -0.15) is 70.6 Å². The smallest absolute Gasteiger partial charge is 0.480 e. The van der Waals surface area contributed by atoms with Crippen molar-refractivity contribution >= 4 is 103 Å². The molecule has 2 atom stereocenters. The third-order valence-electron chi connectivity index (χ3n) is 16.7. The highest BCUT2D eigenvalue weighted by Crippen LogP contribution is 2.32. The number of amides is 2. The monoisotopic (exact) mass is 2010 g/mol. The summed E-state index contributed by atoms with van der Waals surface area (Å²) in [7, 11) is -6.68. The Hall–Kier alpha value is -11.2. The molecule has 2 amide bonds. The molecule has 1 fully saturated rings. The van der Waals surface area contributed by atoms with Crippen molar-refractivity contribution < 1.29 is 199 Å². The SMILES string of the molecule is CN1c2cc(CNc3ncc[nH]3)ccc2C(=O)CC1C(=O)NCC(NS(=O)(=O)c1ccc(-c2ccc(S(=O)(=O)NCCCOCCOCCOCCCNC(=O)CN3CCN(CC(=O)OC(C)(C)C)CCN(CC(=O)OC(C)(C)C)CCN(CC(=O)OC(C)(C)C)CC3)cc2)cc1)C(=O)O.O=C(O)C(F)(F)F.O=C(O)C(F)(F)F.O=C(O)C(F)(F)F.O=C(O)C(F)(F)F.O=C(O)C(F)(F)F. The molecular weight excluding hydrogens is 1900 g/mol. The van der Waals surface area contributed by atoms with Crippen molar-refractivity contribution in [2.75, 3.05) is 155 Å². The number of aromatic nitrogens is 2. The van der Waals surface area contributed by atoms with Crippen molar-refractivity contribution in [2.45, 2.75) is 158 Å². The number of hydrogen-bond acceptors (Lipinski definition) is 29. The zero-order valence-electron chi connectivity index (χ0n) is 74.2. The molecule has 40 nitrogen and oxygen atoms in total. The molecule has 2 unspecified atom stereocenters. The molecule has 57 heteroatoms. The van der Waals surface area contributed by atoms with Crippen molar-refractivity contribution in [2.24, 2.45) is 0 Å². The average Bonchev–Trinajstić information content (AvgIpc) is 0.880. The summed E-state index contributed by atoms with van der Waals surface area (Å²) in [5.74, 6) is -17.1. The second-order valence-electron chi connectivity index (χ2n) is 31.4. The molecule has 12 N–H and O–H groups in total. The van der Waals surface area contributed by atoms with E-state index < -0.39 is 128 Å². The van der Waals surface area contributed by atoms with Crippen LogP contribution < -0.4 is 30.3 Å². The summed E-state index contributed by atoms with van der Waals surface area (Å²) in [6.45, 7) is 21.8. The number of rotatable bonds is 35. The molecule has 3 heterocycles. The molecule has 0 bridgehead atoms. The number of nitrogens with one attached hydrogen (secondary N) is 6. The number of anilines is 2. The van der Waals surface area contributed by atoms with Crippen molar-refractivity contribution in [1.82, 2.24) is 49.6 Å². The summed E-state index contributed by atoms with van der Waals surface area (Å²) in [6.07, 6.45) is -21.4. The number of aromatic amines is 1. The van der Waals surface area contributed by atoms with Crippen LogP contribution in [0.5, 0.6) is 0 Å². The molecule has 0 spiro atoms. The van der Waals surface area contributed by atoms with Crippen LogP contribution in [0.3, 0.4) is 0 Å². The fourth-order valence-electron chi connectivity index (χ4n) is 10.6. The number of hydrogen-bond donors (Lipinski definition) is 12. The third kappa shape index (κ3) is 53.0. The fourth-order valence-corrected chi connectivity index (χ4v) is 12.8. The Kier molecular flexibility index (Phi) is 50.3. The first-order chi connectivity index (χ1) is 61.8. The normalized spacial score (nSPS) is 15.0. The van der Waals surface area contributed by atoms with Crippen LogP contribution in [0.2, 0.25) is 0 Å². The number of aliphatic carboxylic acids is 6. The van der Waals surface area contributed by atoms with Gasteiger partial charge in [-0.1, -0.05) is 30.3 Å². The first-order valence-corrected chi connectivity index (χ1v) is 42.7. The number of benzene rings is 3. The van der Waals surface area contributed by atoms with Gasteiger partial charge in [-0.15, -0.1) is 0 Å². The highest BCUT2D eigenvalue weighted by molar-refractivity contribution is 7.89. The van der Waals surface area contributed by atoms with Crippen LogP contribution in [-0.4, -0.2) is 353 Å². The number of ketones is 1. The largest absolute Gasteiger partial charge is 0.490 e. The van der Waals surface area contributed by atoms with Crippen LogP contribution in [0.4, 0.5) is 77.5 Å². The van der Waals surface area contributed by atoms with Gasteiger partial charge in [0.05, 0.1) is 62.4 Å². The van der Waals surface area contributed by atoms with Gasteiger partial charge >= 0.3 is 84.6 Å². The number of carbonyl (C=O) groups excluding carboxylic acids is 6. The third-order valence-corrected chi connectivity index (χ3v) is 19.7. The van der Waals surface area contributed by atoms with Crippen LogP contribution in [0.15, 0.2) is 88.9 Å². The van der Waals surface area contributed by atoms with Crippen LogP contribution in [0.25, 0.3) is 11.1 Å². The number of sulfonamides is 2. The minimum Gasteiger partial charge on any atom is -0.480 e. The lowest BCUT2D eigenvalue weighted by molar-refractivity contribution is -0.193. The number of carboxylic acid groups (broad SMARTS) is 6. The number of nitrogens with zero attached hydrogens (tertiary/aromatic N) is 6. The van der Waals surface area contributed by atoms with Gasteiger partial charge in [0, 0.05) is 129 Å². The molecule has 4 aromatic rings. The quantitative estimate of drug-likeness (QED) is 0.0105. The Morgan fingerprint density at radius 1 is 0.474 bits per heavy atom. The number of ether oxygens (including phenoxy) is 6. The number of likely N-dealkylation sites (N-methyl/N-ethyl adjacent to an activating group) is 1. The number of carbonyl (C=O) groups is 12. The van der Waals surface area contributed by atoms with E-state index in [0.717, 1.165) is 5.56 Å². The zero-order chi connectivity index (χ0) is 104. The lowest BCUT2D eigenvalue weighted by Gasteiger charge is -2.34. The summed E-state index contributed by atoms with van der Waals surface area (Å²) < 4.78 is 250. The predicted molar refractivity (Wildman–Crippen MR) is 442 cm³/mol. The van der Waals surface area contributed by atoms with Crippen LogP contribution in [0, 0.1) is 0 Å². The summed E-state index contributed by atoms with van der Waals surface area (Å²) in [5.41, 5.74) is 0.826. The number of Topliss-reactive ketones (excluding diaryl/α,β-unsaturated/α-hetero) is 1. The van der Waals surface area contributed by atoms with Gasteiger partial charge in [-0.3, -0.25) is 53.2 Å². The average molecular weight is 2010 g/mol. The minimum atomic E-state index is -5.08. The number of esters is 3. The summed E-state index contributed by atoms with van der Waals surface area (Å²) >= 11 is 0.